The highest BCUT2D eigenvalue weighted by molar-refractivity contribution is 5.20. The Bertz CT molecular complexity index is 242. The Kier molecular flexibility index (Phi) is 6.84. The van der Waals surface area contributed by atoms with E-state index in [1.807, 2.05) is 0 Å². The molecule has 0 aromatic rings. The number of nitrogens with two attached hydrogens (primary N) is 1. The van der Waals surface area contributed by atoms with Crippen molar-refractivity contribution in [1.29, 1.82) is 0 Å². The van der Waals surface area contributed by atoms with Crippen molar-refractivity contribution in [1.82, 2.24) is 5.43 Å². The summed E-state index contributed by atoms with van der Waals surface area (Å²) in [5.74, 6) is 8.63. The summed E-state index contributed by atoms with van der Waals surface area (Å²) in [5, 5.41) is 0. The molecule has 0 saturated carbocycles. The largest absolute Gasteiger partial charge is 0.328 e. The van der Waals surface area contributed by atoms with Crippen LogP contribution in [0.2, 0.25) is 0 Å². The molecule has 2 nitrogen and oxygen atoms in total. The average molecular weight is 240 g/mol. The highest BCUT2D eigenvalue weighted by Gasteiger charge is 2.27. The molecule has 0 atom stereocenters. The van der Waals surface area contributed by atoms with Crippen LogP contribution in [0, 0.1) is 29.6 Å². The highest BCUT2D eigenvalue weighted by atomic mass is 15.2. The zero-order valence-electron chi connectivity index (χ0n) is 13.0. The van der Waals surface area contributed by atoms with Gasteiger partial charge < -0.3 is 5.43 Å². The van der Waals surface area contributed by atoms with Gasteiger partial charge >= 0.3 is 0 Å². The SMILES string of the molecule is CC(C)C(NN)=C(C(C)C)C(C(C)C)C(C)C. The summed E-state index contributed by atoms with van der Waals surface area (Å²) in [7, 11) is 0. The van der Waals surface area contributed by atoms with Crippen molar-refractivity contribution in [2.45, 2.75) is 55.4 Å². The first kappa shape index (κ1) is 16.5. The van der Waals surface area contributed by atoms with E-state index in [2.05, 4.69) is 60.8 Å². The monoisotopic (exact) mass is 240 g/mol. The lowest BCUT2D eigenvalue weighted by Crippen LogP contribution is -2.32. The zero-order valence-corrected chi connectivity index (χ0v) is 13.0. The molecular weight excluding hydrogens is 208 g/mol. The van der Waals surface area contributed by atoms with Gasteiger partial charge in [0.05, 0.1) is 0 Å². The fourth-order valence-electron chi connectivity index (χ4n) is 2.95. The topological polar surface area (TPSA) is 38.0 Å². The Morgan fingerprint density at radius 3 is 1.35 bits per heavy atom. The van der Waals surface area contributed by atoms with Crippen molar-refractivity contribution < 1.29 is 0 Å². The molecule has 0 heterocycles. The van der Waals surface area contributed by atoms with E-state index in [4.69, 9.17) is 5.84 Å². The maximum absolute atomic E-state index is 5.74. The summed E-state index contributed by atoms with van der Waals surface area (Å²) in [5.41, 5.74) is 5.69. The predicted molar refractivity (Wildman–Crippen MR) is 77.2 cm³/mol. The van der Waals surface area contributed by atoms with E-state index in [1.165, 1.54) is 11.3 Å². The molecule has 0 spiro atoms. The molecule has 0 aliphatic heterocycles. The van der Waals surface area contributed by atoms with Crippen molar-refractivity contribution in [2.75, 3.05) is 0 Å². The Morgan fingerprint density at radius 1 is 0.765 bits per heavy atom. The second-order valence-electron chi connectivity index (χ2n) is 6.34. The van der Waals surface area contributed by atoms with Gasteiger partial charge in [-0.2, -0.15) is 0 Å². The van der Waals surface area contributed by atoms with Crippen molar-refractivity contribution in [3.8, 4) is 0 Å². The molecule has 0 amide bonds. The second-order valence-corrected chi connectivity index (χ2v) is 6.34. The van der Waals surface area contributed by atoms with E-state index < -0.39 is 0 Å². The number of hydrazine groups is 1. The first-order valence-electron chi connectivity index (χ1n) is 6.94. The lowest BCUT2D eigenvalue weighted by molar-refractivity contribution is 0.308. The van der Waals surface area contributed by atoms with Crippen LogP contribution in [0.4, 0.5) is 0 Å². The van der Waals surface area contributed by atoms with Crippen LogP contribution < -0.4 is 11.3 Å². The molecule has 3 N–H and O–H groups in total. The molecule has 0 fully saturated rings. The van der Waals surface area contributed by atoms with E-state index >= 15 is 0 Å². The smallest absolute Gasteiger partial charge is 0.0282 e. The number of hydrogen-bond donors (Lipinski definition) is 2. The molecular formula is C15H32N2. The zero-order chi connectivity index (χ0) is 13.7. The third kappa shape index (κ3) is 4.34. The highest BCUT2D eigenvalue weighted by Crippen LogP contribution is 2.35. The van der Waals surface area contributed by atoms with Crippen molar-refractivity contribution in [3.63, 3.8) is 0 Å². The molecule has 17 heavy (non-hydrogen) atoms. The third-order valence-electron chi connectivity index (χ3n) is 3.46. The number of rotatable bonds is 6. The van der Waals surface area contributed by atoms with Gasteiger partial charge in [-0.05, 0) is 35.2 Å². The van der Waals surface area contributed by atoms with Gasteiger partial charge in [-0.25, -0.2) is 0 Å². The van der Waals surface area contributed by atoms with E-state index in [-0.39, 0.29) is 0 Å². The molecule has 0 radical (unpaired) electrons. The summed E-state index contributed by atoms with van der Waals surface area (Å²) in [6, 6.07) is 0. The molecule has 0 saturated heterocycles. The van der Waals surface area contributed by atoms with Crippen LogP contribution in [-0.2, 0) is 0 Å². The Hall–Kier alpha value is -0.500. The maximum Gasteiger partial charge on any atom is 0.0282 e. The van der Waals surface area contributed by atoms with E-state index in [1.54, 1.807) is 0 Å². The molecule has 0 aromatic carbocycles. The van der Waals surface area contributed by atoms with Crippen LogP contribution in [0.5, 0.6) is 0 Å². The van der Waals surface area contributed by atoms with Crippen molar-refractivity contribution in [2.24, 2.45) is 35.4 Å². The fourth-order valence-corrected chi connectivity index (χ4v) is 2.95. The van der Waals surface area contributed by atoms with Crippen LogP contribution in [0.25, 0.3) is 0 Å². The van der Waals surface area contributed by atoms with Gasteiger partial charge in [0.2, 0.25) is 0 Å². The van der Waals surface area contributed by atoms with Crippen LogP contribution in [-0.4, -0.2) is 0 Å². The number of hydrogen-bond acceptors (Lipinski definition) is 2. The van der Waals surface area contributed by atoms with Crippen molar-refractivity contribution in [3.05, 3.63) is 11.3 Å². The van der Waals surface area contributed by atoms with Crippen LogP contribution in [0.3, 0.4) is 0 Å². The summed E-state index contributed by atoms with van der Waals surface area (Å²) >= 11 is 0. The molecule has 2 heteroatoms. The van der Waals surface area contributed by atoms with E-state index in [9.17, 15) is 0 Å². The van der Waals surface area contributed by atoms with Crippen molar-refractivity contribution >= 4 is 0 Å². The molecule has 0 aliphatic rings. The quantitative estimate of drug-likeness (QED) is 0.545. The number of nitrogens with one attached hydrogen (secondary N) is 1. The molecule has 0 unspecified atom stereocenters. The minimum Gasteiger partial charge on any atom is -0.328 e. The van der Waals surface area contributed by atoms with Gasteiger partial charge in [0.25, 0.3) is 0 Å². The molecule has 102 valence electrons. The summed E-state index contributed by atoms with van der Waals surface area (Å²) < 4.78 is 0. The number of allylic oxidation sites excluding steroid dienone is 2. The first-order chi connectivity index (χ1) is 7.73. The molecule has 0 aromatic heterocycles. The lowest BCUT2D eigenvalue weighted by atomic mass is 9.74. The van der Waals surface area contributed by atoms with Crippen LogP contribution in [0.15, 0.2) is 11.3 Å². The van der Waals surface area contributed by atoms with Crippen LogP contribution >= 0.6 is 0 Å². The fraction of sp³-hybridized carbons (Fsp3) is 0.867. The van der Waals surface area contributed by atoms with E-state index in [0.717, 1.165) is 0 Å². The summed E-state index contributed by atoms with van der Waals surface area (Å²) in [4.78, 5) is 0. The second kappa shape index (κ2) is 7.05. The third-order valence-corrected chi connectivity index (χ3v) is 3.46. The average Bonchev–Trinajstić information content (AvgIpc) is 2.15. The lowest BCUT2D eigenvalue weighted by Gasteiger charge is -2.33. The van der Waals surface area contributed by atoms with Gasteiger partial charge in [-0.3, -0.25) is 5.84 Å². The van der Waals surface area contributed by atoms with Gasteiger partial charge in [0.1, 0.15) is 0 Å². The van der Waals surface area contributed by atoms with Crippen LogP contribution in [0.1, 0.15) is 55.4 Å². The molecule has 0 bridgehead atoms. The van der Waals surface area contributed by atoms with Gasteiger partial charge in [-0.15, -0.1) is 0 Å². The minimum absolute atomic E-state index is 0.456. The normalized spacial score (nSPS) is 14.2. The molecule has 0 aliphatic carbocycles. The minimum atomic E-state index is 0.456. The van der Waals surface area contributed by atoms with Gasteiger partial charge in [0.15, 0.2) is 0 Å². The van der Waals surface area contributed by atoms with E-state index in [0.29, 0.717) is 29.6 Å². The Morgan fingerprint density at radius 2 is 1.18 bits per heavy atom. The standard InChI is InChI=1S/C15H32N2/c1-9(2)13(10(3)4)14(11(5)6)15(17-16)12(7)8/h9-13,17H,16H2,1-8H3. The Balaban J connectivity index is 5.61. The molecule has 0 rings (SSSR count). The first-order valence-corrected chi connectivity index (χ1v) is 6.94. The predicted octanol–water partition coefficient (Wildman–Crippen LogP) is 3.94. The van der Waals surface area contributed by atoms with Gasteiger partial charge in [0, 0.05) is 5.70 Å². The summed E-state index contributed by atoms with van der Waals surface area (Å²) in [6.07, 6.45) is 0. The van der Waals surface area contributed by atoms with Gasteiger partial charge in [-0.1, -0.05) is 55.4 Å². The Labute approximate surface area is 108 Å². The summed E-state index contributed by atoms with van der Waals surface area (Å²) in [6.45, 7) is 18.2. The maximum atomic E-state index is 5.74.